The fourth-order valence-electron chi connectivity index (χ4n) is 2.47. The van der Waals surface area contributed by atoms with Crippen LogP contribution in [0.3, 0.4) is 0 Å². The third kappa shape index (κ3) is 3.13. The third-order valence-electron chi connectivity index (χ3n) is 3.67. The molecule has 104 valence electrons. The average molecular weight is 265 g/mol. The van der Waals surface area contributed by atoms with Gasteiger partial charge in [-0.15, -0.1) is 0 Å². The predicted molar refractivity (Wildman–Crippen MR) is 71.2 cm³/mol. The van der Waals surface area contributed by atoms with Crippen molar-refractivity contribution in [3.8, 4) is 0 Å². The molecule has 0 amide bonds. The molecule has 0 atom stereocenters. The van der Waals surface area contributed by atoms with Gasteiger partial charge in [0, 0.05) is 25.0 Å². The van der Waals surface area contributed by atoms with Crippen LogP contribution in [0.25, 0.3) is 0 Å². The topological polar surface area (TPSA) is 84.2 Å². The van der Waals surface area contributed by atoms with Gasteiger partial charge in [-0.25, -0.2) is 4.98 Å². The number of carboxylic acid groups (broad SMARTS) is 1. The van der Waals surface area contributed by atoms with Crippen molar-refractivity contribution in [1.29, 1.82) is 0 Å². The van der Waals surface area contributed by atoms with Crippen LogP contribution in [0.4, 0.5) is 5.82 Å². The first-order valence-electron chi connectivity index (χ1n) is 6.66. The van der Waals surface area contributed by atoms with Crippen LogP contribution in [0.1, 0.15) is 32.6 Å². The molecule has 1 aromatic rings. The van der Waals surface area contributed by atoms with Gasteiger partial charge in [0.2, 0.25) is 0 Å². The standard InChI is InChI=1S/C13H19N3O3/c1-2-16-8-7-14-11(12(16)17)15-10-5-3-9(4-6-10)13(18)19/h7-10H,2-6H2,1H3,(H,14,15)(H,18,19). The Hall–Kier alpha value is -1.85. The van der Waals surface area contributed by atoms with Gasteiger partial charge in [0.05, 0.1) is 5.92 Å². The second-order valence-electron chi connectivity index (χ2n) is 4.90. The second kappa shape index (κ2) is 5.86. The number of carbonyl (C=O) groups is 1. The molecule has 19 heavy (non-hydrogen) atoms. The maximum absolute atomic E-state index is 12.0. The van der Waals surface area contributed by atoms with E-state index in [9.17, 15) is 9.59 Å². The highest BCUT2D eigenvalue weighted by atomic mass is 16.4. The van der Waals surface area contributed by atoms with Crippen LogP contribution in [0.15, 0.2) is 17.2 Å². The van der Waals surface area contributed by atoms with Crippen molar-refractivity contribution in [2.45, 2.75) is 45.2 Å². The Morgan fingerprint density at radius 2 is 2.16 bits per heavy atom. The van der Waals surface area contributed by atoms with Crippen molar-refractivity contribution in [2.24, 2.45) is 5.92 Å². The second-order valence-corrected chi connectivity index (χ2v) is 4.90. The molecule has 1 aromatic heterocycles. The van der Waals surface area contributed by atoms with Gasteiger partial charge in [0.25, 0.3) is 5.56 Å². The number of hydrogen-bond acceptors (Lipinski definition) is 4. The van der Waals surface area contributed by atoms with E-state index < -0.39 is 5.97 Å². The van der Waals surface area contributed by atoms with Crippen LogP contribution >= 0.6 is 0 Å². The smallest absolute Gasteiger partial charge is 0.306 e. The number of aliphatic carboxylic acids is 1. The molecule has 0 unspecified atom stereocenters. The number of aromatic nitrogens is 2. The molecular weight excluding hydrogens is 246 g/mol. The minimum atomic E-state index is -0.718. The summed E-state index contributed by atoms with van der Waals surface area (Å²) in [6.07, 6.45) is 6.10. The normalized spacial score (nSPS) is 23.0. The number of hydrogen-bond donors (Lipinski definition) is 2. The van der Waals surface area contributed by atoms with Gasteiger partial charge in [-0.3, -0.25) is 9.59 Å². The number of carboxylic acids is 1. The molecule has 1 heterocycles. The highest BCUT2D eigenvalue weighted by molar-refractivity contribution is 5.70. The fourth-order valence-corrected chi connectivity index (χ4v) is 2.47. The van der Waals surface area contributed by atoms with Crippen molar-refractivity contribution in [2.75, 3.05) is 5.32 Å². The Morgan fingerprint density at radius 1 is 1.47 bits per heavy atom. The van der Waals surface area contributed by atoms with Crippen LogP contribution < -0.4 is 10.9 Å². The Bertz CT molecular complexity index is 504. The number of aryl methyl sites for hydroxylation is 1. The number of nitrogens with zero attached hydrogens (tertiary/aromatic N) is 2. The van der Waals surface area contributed by atoms with Crippen LogP contribution in [0.2, 0.25) is 0 Å². The average Bonchev–Trinajstić information content (AvgIpc) is 2.42. The van der Waals surface area contributed by atoms with Gasteiger partial charge >= 0.3 is 5.97 Å². The summed E-state index contributed by atoms with van der Waals surface area (Å²) in [5.74, 6) is -0.596. The van der Waals surface area contributed by atoms with Gasteiger partial charge in [-0.05, 0) is 32.6 Å². The number of rotatable bonds is 4. The minimum absolute atomic E-state index is 0.120. The monoisotopic (exact) mass is 265 g/mol. The molecule has 1 saturated carbocycles. The summed E-state index contributed by atoms with van der Waals surface area (Å²) in [6, 6.07) is 0.142. The van der Waals surface area contributed by atoms with Crippen molar-refractivity contribution < 1.29 is 9.90 Å². The molecule has 0 spiro atoms. The summed E-state index contributed by atoms with van der Waals surface area (Å²) >= 11 is 0. The third-order valence-corrected chi connectivity index (χ3v) is 3.67. The van der Waals surface area contributed by atoms with Gasteiger partial charge in [-0.1, -0.05) is 0 Å². The number of anilines is 1. The first-order chi connectivity index (χ1) is 9.11. The summed E-state index contributed by atoms with van der Waals surface area (Å²) in [7, 11) is 0. The van der Waals surface area contributed by atoms with Gasteiger partial charge in [-0.2, -0.15) is 0 Å². The van der Waals surface area contributed by atoms with Gasteiger partial charge < -0.3 is 15.0 Å². The van der Waals surface area contributed by atoms with Crippen molar-refractivity contribution in [3.05, 3.63) is 22.7 Å². The maximum atomic E-state index is 12.0. The zero-order valence-electron chi connectivity index (χ0n) is 11.0. The van der Waals surface area contributed by atoms with E-state index in [2.05, 4.69) is 10.3 Å². The molecule has 6 heteroatoms. The first-order valence-corrected chi connectivity index (χ1v) is 6.66. The Kier molecular flexibility index (Phi) is 4.19. The fraction of sp³-hybridized carbons (Fsp3) is 0.615. The summed E-state index contributed by atoms with van der Waals surface area (Å²) in [5, 5.41) is 12.1. The first kappa shape index (κ1) is 13.6. The molecule has 2 rings (SSSR count). The van der Waals surface area contributed by atoms with Crippen LogP contribution in [0.5, 0.6) is 0 Å². The molecule has 0 saturated heterocycles. The summed E-state index contributed by atoms with van der Waals surface area (Å²) < 4.78 is 1.60. The molecule has 1 aliphatic rings. The predicted octanol–water partition coefficient (Wildman–Crippen LogP) is 1.32. The van der Waals surface area contributed by atoms with Crippen molar-refractivity contribution >= 4 is 11.8 Å². The molecular formula is C13H19N3O3. The van der Waals surface area contributed by atoms with Crippen molar-refractivity contribution in [3.63, 3.8) is 0 Å². The number of nitrogens with one attached hydrogen (secondary N) is 1. The molecule has 1 aliphatic carbocycles. The van der Waals surface area contributed by atoms with E-state index in [-0.39, 0.29) is 17.5 Å². The minimum Gasteiger partial charge on any atom is -0.481 e. The van der Waals surface area contributed by atoms with Crippen LogP contribution in [-0.4, -0.2) is 26.7 Å². The Morgan fingerprint density at radius 3 is 2.74 bits per heavy atom. The molecule has 6 nitrogen and oxygen atoms in total. The van der Waals surface area contributed by atoms with E-state index in [1.165, 1.54) is 0 Å². The Labute approximate surface area is 111 Å². The zero-order chi connectivity index (χ0) is 13.8. The quantitative estimate of drug-likeness (QED) is 0.857. The lowest BCUT2D eigenvalue weighted by Crippen LogP contribution is -2.33. The summed E-state index contributed by atoms with van der Waals surface area (Å²) in [4.78, 5) is 26.9. The van der Waals surface area contributed by atoms with E-state index in [0.29, 0.717) is 25.2 Å². The van der Waals surface area contributed by atoms with E-state index >= 15 is 0 Å². The molecule has 0 radical (unpaired) electrons. The summed E-state index contributed by atoms with van der Waals surface area (Å²) in [5.41, 5.74) is -0.120. The van der Waals surface area contributed by atoms with E-state index in [4.69, 9.17) is 5.11 Å². The lowest BCUT2D eigenvalue weighted by atomic mass is 9.86. The highest BCUT2D eigenvalue weighted by Gasteiger charge is 2.26. The maximum Gasteiger partial charge on any atom is 0.306 e. The lowest BCUT2D eigenvalue weighted by molar-refractivity contribution is -0.142. The lowest BCUT2D eigenvalue weighted by Gasteiger charge is -2.27. The molecule has 1 fully saturated rings. The largest absolute Gasteiger partial charge is 0.481 e. The van der Waals surface area contributed by atoms with E-state index in [1.807, 2.05) is 6.92 Å². The van der Waals surface area contributed by atoms with Crippen LogP contribution in [0, 0.1) is 5.92 Å². The van der Waals surface area contributed by atoms with E-state index in [1.54, 1.807) is 17.0 Å². The molecule has 0 bridgehead atoms. The highest BCUT2D eigenvalue weighted by Crippen LogP contribution is 2.25. The van der Waals surface area contributed by atoms with Crippen LogP contribution in [-0.2, 0) is 11.3 Å². The SMILES string of the molecule is CCn1ccnc(NC2CCC(C(=O)O)CC2)c1=O. The Balaban J connectivity index is 2.00. The van der Waals surface area contributed by atoms with E-state index in [0.717, 1.165) is 12.8 Å². The van der Waals surface area contributed by atoms with Gasteiger partial charge in [0.15, 0.2) is 5.82 Å². The van der Waals surface area contributed by atoms with Gasteiger partial charge in [0.1, 0.15) is 0 Å². The molecule has 2 N–H and O–H groups in total. The molecule has 0 aromatic carbocycles. The summed E-state index contributed by atoms with van der Waals surface area (Å²) in [6.45, 7) is 2.52. The van der Waals surface area contributed by atoms with Crippen molar-refractivity contribution in [1.82, 2.24) is 9.55 Å². The zero-order valence-corrected chi connectivity index (χ0v) is 11.0. The molecule has 0 aliphatic heterocycles.